The molecule has 1 aromatic carbocycles. The van der Waals surface area contributed by atoms with Crippen LogP contribution in [0, 0.1) is 5.92 Å². The molecule has 0 amide bonds. The van der Waals surface area contributed by atoms with Gasteiger partial charge >= 0.3 is 5.97 Å². The Kier molecular flexibility index (Phi) is 4.33. The summed E-state index contributed by atoms with van der Waals surface area (Å²) >= 11 is 0. The lowest BCUT2D eigenvalue weighted by atomic mass is 9.98. The van der Waals surface area contributed by atoms with Crippen molar-refractivity contribution in [2.75, 3.05) is 19.6 Å². The largest absolute Gasteiger partial charge is 0.480 e. The van der Waals surface area contributed by atoms with Gasteiger partial charge in [-0.2, -0.15) is 0 Å². The standard InChI is InChI=1S/C14H19NO3/c16-10-12-3-1-11(2-4-12)7-13-5-6-15(8-13)9-14(17)18/h1-4,13,16H,5-10H2,(H,17,18)/t13-/m1/s1. The molecule has 18 heavy (non-hydrogen) atoms. The van der Waals surface area contributed by atoms with E-state index in [0.29, 0.717) is 5.92 Å². The molecule has 1 aromatic rings. The Bertz CT molecular complexity index is 402. The fraction of sp³-hybridized carbons (Fsp3) is 0.500. The van der Waals surface area contributed by atoms with Gasteiger partial charge in [-0.1, -0.05) is 24.3 Å². The van der Waals surface area contributed by atoms with E-state index in [0.717, 1.165) is 31.5 Å². The van der Waals surface area contributed by atoms with Crippen LogP contribution in [0.3, 0.4) is 0 Å². The van der Waals surface area contributed by atoms with Crippen LogP contribution in [0.15, 0.2) is 24.3 Å². The minimum atomic E-state index is -0.747. The lowest BCUT2D eigenvalue weighted by molar-refractivity contribution is -0.138. The lowest BCUT2D eigenvalue weighted by Gasteiger charge is -2.13. The summed E-state index contributed by atoms with van der Waals surface area (Å²) in [6, 6.07) is 7.98. The van der Waals surface area contributed by atoms with E-state index in [2.05, 4.69) is 0 Å². The molecule has 2 N–H and O–H groups in total. The number of hydrogen-bond donors (Lipinski definition) is 2. The van der Waals surface area contributed by atoms with Gasteiger partial charge in [0.05, 0.1) is 13.2 Å². The fourth-order valence-electron chi connectivity index (χ4n) is 2.53. The van der Waals surface area contributed by atoms with Crippen LogP contribution in [0.25, 0.3) is 0 Å². The highest BCUT2D eigenvalue weighted by atomic mass is 16.4. The van der Waals surface area contributed by atoms with Crippen molar-refractivity contribution in [1.82, 2.24) is 4.90 Å². The van der Waals surface area contributed by atoms with Crippen molar-refractivity contribution in [2.24, 2.45) is 5.92 Å². The summed E-state index contributed by atoms with van der Waals surface area (Å²) < 4.78 is 0. The highest BCUT2D eigenvalue weighted by Crippen LogP contribution is 2.20. The Morgan fingerprint density at radius 2 is 1.94 bits per heavy atom. The van der Waals surface area contributed by atoms with Crippen LogP contribution in [-0.2, 0) is 17.8 Å². The van der Waals surface area contributed by atoms with Crippen molar-refractivity contribution < 1.29 is 15.0 Å². The average Bonchev–Trinajstić information content (AvgIpc) is 2.76. The SMILES string of the molecule is O=C(O)CN1CC[C@H](Cc2ccc(CO)cc2)C1. The van der Waals surface area contributed by atoms with Crippen molar-refractivity contribution in [3.05, 3.63) is 35.4 Å². The molecule has 1 atom stereocenters. The van der Waals surface area contributed by atoms with Crippen LogP contribution in [0.2, 0.25) is 0 Å². The molecule has 0 saturated carbocycles. The number of aliphatic carboxylic acids is 1. The highest BCUT2D eigenvalue weighted by molar-refractivity contribution is 5.69. The third kappa shape index (κ3) is 3.55. The Morgan fingerprint density at radius 3 is 2.56 bits per heavy atom. The summed E-state index contributed by atoms with van der Waals surface area (Å²) in [7, 11) is 0. The number of benzene rings is 1. The molecule has 2 rings (SSSR count). The van der Waals surface area contributed by atoms with E-state index < -0.39 is 5.97 Å². The molecule has 4 nitrogen and oxygen atoms in total. The molecular formula is C14H19NO3. The normalized spacial score (nSPS) is 20.2. The smallest absolute Gasteiger partial charge is 0.317 e. The van der Waals surface area contributed by atoms with Gasteiger partial charge in [-0.3, -0.25) is 9.69 Å². The van der Waals surface area contributed by atoms with Crippen molar-refractivity contribution in [2.45, 2.75) is 19.4 Å². The van der Waals surface area contributed by atoms with Crippen LogP contribution in [0.5, 0.6) is 0 Å². The lowest BCUT2D eigenvalue weighted by Crippen LogP contribution is -2.27. The van der Waals surface area contributed by atoms with Gasteiger partial charge in [0, 0.05) is 6.54 Å². The van der Waals surface area contributed by atoms with Gasteiger partial charge in [0.1, 0.15) is 0 Å². The van der Waals surface area contributed by atoms with E-state index in [4.69, 9.17) is 10.2 Å². The number of likely N-dealkylation sites (tertiary alicyclic amines) is 1. The van der Waals surface area contributed by atoms with Crippen molar-refractivity contribution in [3.63, 3.8) is 0 Å². The molecule has 1 aliphatic heterocycles. The molecule has 0 aromatic heterocycles. The van der Waals surface area contributed by atoms with Crippen LogP contribution >= 0.6 is 0 Å². The summed E-state index contributed by atoms with van der Waals surface area (Å²) in [5, 5.41) is 17.7. The quantitative estimate of drug-likeness (QED) is 0.821. The molecule has 4 heteroatoms. The first kappa shape index (κ1) is 13.1. The first-order valence-corrected chi connectivity index (χ1v) is 6.30. The van der Waals surface area contributed by atoms with E-state index in [1.165, 1.54) is 5.56 Å². The Balaban J connectivity index is 1.85. The zero-order valence-electron chi connectivity index (χ0n) is 10.4. The Hall–Kier alpha value is -1.39. The van der Waals surface area contributed by atoms with E-state index in [9.17, 15) is 4.79 Å². The first-order valence-electron chi connectivity index (χ1n) is 6.30. The first-order chi connectivity index (χ1) is 8.67. The molecule has 0 spiro atoms. The Morgan fingerprint density at radius 1 is 1.28 bits per heavy atom. The number of carboxylic acid groups (broad SMARTS) is 1. The average molecular weight is 249 g/mol. The monoisotopic (exact) mass is 249 g/mol. The number of hydrogen-bond acceptors (Lipinski definition) is 3. The number of aliphatic hydroxyl groups excluding tert-OH is 1. The second-order valence-corrected chi connectivity index (χ2v) is 4.96. The summed E-state index contributed by atoms with van der Waals surface area (Å²) in [5.41, 5.74) is 2.19. The van der Waals surface area contributed by atoms with Crippen LogP contribution in [-0.4, -0.2) is 40.7 Å². The minimum Gasteiger partial charge on any atom is -0.480 e. The maximum Gasteiger partial charge on any atom is 0.317 e. The maximum atomic E-state index is 10.6. The summed E-state index contributed by atoms with van der Waals surface area (Å²) in [6.07, 6.45) is 2.05. The molecule has 1 saturated heterocycles. The van der Waals surface area contributed by atoms with Crippen molar-refractivity contribution in [1.29, 1.82) is 0 Å². The number of carboxylic acids is 1. The molecule has 0 bridgehead atoms. The van der Waals surface area contributed by atoms with Gasteiger partial charge in [0.25, 0.3) is 0 Å². The second-order valence-electron chi connectivity index (χ2n) is 4.96. The Labute approximate surface area is 107 Å². The molecule has 0 unspecified atom stereocenters. The summed E-state index contributed by atoms with van der Waals surface area (Å²) in [4.78, 5) is 12.6. The fourth-order valence-corrected chi connectivity index (χ4v) is 2.53. The molecule has 1 fully saturated rings. The molecule has 0 aliphatic carbocycles. The highest BCUT2D eigenvalue weighted by Gasteiger charge is 2.23. The van der Waals surface area contributed by atoms with Crippen LogP contribution < -0.4 is 0 Å². The van der Waals surface area contributed by atoms with Crippen LogP contribution in [0.4, 0.5) is 0 Å². The molecular weight excluding hydrogens is 230 g/mol. The van der Waals surface area contributed by atoms with E-state index in [-0.39, 0.29) is 13.2 Å². The van der Waals surface area contributed by atoms with Gasteiger partial charge in [-0.15, -0.1) is 0 Å². The number of rotatable bonds is 5. The minimum absolute atomic E-state index is 0.0795. The van der Waals surface area contributed by atoms with Crippen molar-refractivity contribution in [3.8, 4) is 0 Å². The van der Waals surface area contributed by atoms with Gasteiger partial charge < -0.3 is 10.2 Å². The third-order valence-corrected chi connectivity index (χ3v) is 3.46. The van der Waals surface area contributed by atoms with Gasteiger partial charge in [0.2, 0.25) is 0 Å². The summed E-state index contributed by atoms with van der Waals surface area (Å²) in [5.74, 6) is -0.202. The molecule has 1 heterocycles. The predicted octanol–water partition coefficient (Wildman–Crippen LogP) is 1.13. The van der Waals surface area contributed by atoms with Gasteiger partial charge in [-0.05, 0) is 36.4 Å². The van der Waals surface area contributed by atoms with Gasteiger partial charge in [0.15, 0.2) is 0 Å². The second kappa shape index (κ2) is 5.98. The van der Waals surface area contributed by atoms with Gasteiger partial charge in [-0.25, -0.2) is 0 Å². The summed E-state index contributed by atoms with van der Waals surface area (Å²) in [6.45, 7) is 1.98. The van der Waals surface area contributed by atoms with Crippen LogP contribution in [0.1, 0.15) is 17.5 Å². The zero-order valence-corrected chi connectivity index (χ0v) is 10.4. The topological polar surface area (TPSA) is 60.8 Å². The number of nitrogens with zero attached hydrogens (tertiary/aromatic N) is 1. The zero-order chi connectivity index (χ0) is 13.0. The van der Waals surface area contributed by atoms with E-state index in [1.807, 2.05) is 29.2 Å². The number of carbonyl (C=O) groups is 1. The maximum absolute atomic E-state index is 10.6. The molecule has 1 aliphatic rings. The molecule has 0 radical (unpaired) electrons. The van der Waals surface area contributed by atoms with E-state index >= 15 is 0 Å². The van der Waals surface area contributed by atoms with E-state index in [1.54, 1.807) is 0 Å². The third-order valence-electron chi connectivity index (χ3n) is 3.46. The van der Waals surface area contributed by atoms with Crippen molar-refractivity contribution >= 4 is 5.97 Å². The molecule has 98 valence electrons. The number of aliphatic hydroxyl groups is 1. The predicted molar refractivity (Wildman–Crippen MR) is 68.3 cm³/mol.